The van der Waals surface area contributed by atoms with Crippen molar-refractivity contribution in [1.29, 1.82) is 0 Å². The summed E-state index contributed by atoms with van der Waals surface area (Å²) < 4.78 is 11.1. The third-order valence-corrected chi connectivity index (χ3v) is 6.81. The highest BCUT2D eigenvalue weighted by molar-refractivity contribution is 6.19. The molecule has 7 rings (SSSR count). The molecule has 0 fully saturated rings. The highest BCUT2D eigenvalue weighted by atomic mass is 16.7. The first-order chi connectivity index (χ1) is 15.2. The summed E-state index contributed by atoms with van der Waals surface area (Å²) in [4.78, 5) is 23.1. The van der Waals surface area contributed by atoms with E-state index in [0.29, 0.717) is 5.75 Å². The summed E-state index contributed by atoms with van der Waals surface area (Å²) in [5.74, 6) is 2.23. The molecule has 1 spiro atoms. The Morgan fingerprint density at radius 1 is 0.968 bits per heavy atom. The molecule has 0 radical (unpaired) electrons. The van der Waals surface area contributed by atoms with Gasteiger partial charge in [-0.2, -0.15) is 0 Å². The number of para-hydroxylation sites is 2. The van der Waals surface area contributed by atoms with Crippen molar-refractivity contribution in [3.8, 4) is 11.5 Å². The zero-order chi connectivity index (χ0) is 20.7. The van der Waals surface area contributed by atoms with E-state index < -0.39 is 5.54 Å². The molecule has 0 bridgehead atoms. The molecule has 1 atom stereocenters. The molecule has 0 N–H and O–H groups in total. The van der Waals surface area contributed by atoms with E-state index in [4.69, 9.17) is 14.5 Å². The fourth-order valence-electron chi connectivity index (χ4n) is 5.40. The predicted molar refractivity (Wildman–Crippen MR) is 117 cm³/mol. The van der Waals surface area contributed by atoms with Crippen molar-refractivity contribution < 1.29 is 14.3 Å². The van der Waals surface area contributed by atoms with E-state index in [1.54, 1.807) is 4.90 Å². The van der Waals surface area contributed by atoms with Gasteiger partial charge in [0.25, 0.3) is 5.91 Å². The molecule has 3 aromatic carbocycles. The molecule has 3 aromatic rings. The molecule has 4 heterocycles. The summed E-state index contributed by atoms with van der Waals surface area (Å²) in [5, 5.41) is 0. The number of aliphatic imine (C=N–C) groups is 1. The summed E-state index contributed by atoms with van der Waals surface area (Å²) in [5.41, 5.74) is 5.02. The Kier molecular flexibility index (Phi) is 3.09. The zero-order valence-corrected chi connectivity index (χ0v) is 17.0. The van der Waals surface area contributed by atoms with Crippen molar-refractivity contribution >= 4 is 23.1 Å². The average molecular weight is 409 g/mol. The topological polar surface area (TPSA) is 54.4 Å². The van der Waals surface area contributed by atoms with E-state index in [-0.39, 0.29) is 12.7 Å². The van der Waals surface area contributed by atoms with Gasteiger partial charge in [0.2, 0.25) is 6.79 Å². The number of likely N-dealkylation sites (N-methyl/N-ethyl adjacent to an activating group) is 1. The lowest BCUT2D eigenvalue weighted by Gasteiger charge is -2.37. The second kappa shape index (κ2) is 5.66. The van der Waals surface area contributed by atoms with Crippen LogP contribution in [0.25, 0.3) is 0 Å². The fraction of sp³-hybridized carbons (Fsp3) is 0.200. The fourth-order valence-corrected chi connectivity index (χ4v) is 5.40. The number of fused-ring (bicyclic) bond motifs is 4. The van der Waals surface area contributed by atoms with Crippen LogP contribution in [-0.4, -0.2) is 32.1 Å². The van der Waals surface area contributed by atoms with Crippen LogP contribution < -0.4 is 19.3 Å². The highest BCUT2D eigenvalue weighted by Gasteiger charge is 2.56. The average Bonchev–Trinajstić information content (AvgIpc) is 3.50. The number of amidine groups is 1. The van der Waals surface area contributed by atoms with Crippen molar-refractivity contribution in [2.24, 2.45) is 4.99 Å². The number of anilines is 2. The summed E-state index contributed by atoms with van der Waals surface area (Å²) in [6.45, 7) is 1.06. The molecule has 4 aliphatic heterocycles. The summed E-state index contributed by atoms with van der Waals surface area (Å²) >= 11 is 0. The number of carbonyl (C=O) groups excluding carboxylic acids is 1. The van der Waals surface area contributed by atoms with Gasteiger partial charge in [-0.15, -0.1) is 0 Å². The maximum atomic E-state index is 13.9. The molecule has 6 heteroatoms. The molecular formula is C25H19N3O3. The minimum atomic E-state index is -1.08. The van der Waals surface area contributed by atoms with Gasteiger partial charge < -0.3 is 19.3 Å². The monoisotopic (exact) mass is 409 g/mol. The summed E-state index contributed by atoms with van der Waals surface area (Å²) in [6, 6.07) is 20.1. The van der Waals surface area contributed by atoms with Gasteiger partial charge in [0.15, 0.2) is 17.0 Å². The number of benzene rings is 3. The first-order valence-corrected chi connectivity index (χ1v) is 10.5. The maximum Gasteiger partial charge on any atom is 0.264 e. The smallest absolute Gasteiger partial charge is 0.264 e. The van der Waals surface area contributed by atoms with Crippen LogP contribution >= 0.6 is 0 Å². The van der Waals surface area contributed by atoms with Crippen LogP contribution in [0.3, 0.4) is 0 Å². The van der Waals surface area contributed by atoms with Crippen LogP contribution in [0.5, 0.6) is 11.5 Å². The van der Waals surface area contributed by atoms with E-state index in [1.807, 2.05) is 49.5 Å². The van der Waals surface area contributed by atoms with Crippen LogP contribution in [0.4, 0.5) is 11.4 Å². The van der Waals surface area contributed by atoms with E-state index >= 15 is 0 Å². The third-order valence-electron chi connectivity index (χ3n) is 6.81. The Bertz CT molecular complexity index is 1330. The largest absolute Gasteiger partial charge is 0.454 e. The number of ether oxygens (including phenoxy) is 2. The number of nitrogens with zero attached hydrogens (tertiary/aromatic N) is 3. The minimum Gasteiger partial charge on any atom is -0.454 e. The number of rotatable bonds is 1. The standard InChI is InChI=1S/C25H19N3O3/c1-27-19-8-3-2-6-17(19)25(24(27)29)18-7-4-5-15-11-12-28(22(15)18)23(26-25)16-9-10-20-21(13-16)31-14-30-20/h2-10,13H,11-12,14H2,1H3. The molecule has 152 valence electrons. The van der Waals surface area contributed by atoms with Gasteiger partial charge in [0.1, 0.15) is 5.84 Å². The molecule has 0 saturated heterocycles. The maximum absolute atomic E-state index is 13.9. The Hall–Kier alpha value is -3.80. The quantitative estimate of drug-likeness (QED) is 0.618. The zero-order valence-electron chi connectivity index (χ0n) is 17.0. The van der Waals surface area contributed by atoms with Crippen molar-refractivity contribution in [1.82, 2.24) is 0 Å². The SMILES string of the molecule is CN1C(=O)C2(N=C(c3ccc4c(c3)OCO4)N3CCc4cccc2c43)c2ccccc21. The van der Waals surface area contributed by atoms with Crippen molar-refractivity contribution in [2.75, 3.05) is 30.2 Å². The molecule has 0 aliphatic carbocycles. The van der Waals surface area contributed by atoms with Crippen LogP contribution in [0.1, 0.15) is 22.3 Å². The Morgan fingerprint density at radius 2 is 1.81 bits per heavy atom. The number of carbonyl (C=O) groups is 1. The van der Waals surface area contributed by atoms with E-state index in [9.17, 15) is 4.79 Å². The van der Waals surface area contributed by atoms with Gasteiger partial charge in [-0.3, -0.25) is 4.79 Å². The Balaban J connectivity index is 1.55. The predicted octanol–water partition coefficient (Wildman–Crippen LogP) is 3.46. The molecule has 6 nitrogen and oxygen atoms in total. The minimum absolute atomic E-state index is 0.0214. The molecule has 31 heavy (non-hydrogen) atoms. The second-order valence-electron chi connectivity index (χ2n) is 8.31. The normalized spacial score (nSPS) is 22.1. The van der Waals surface area contributed by atoms with Crippen molar-refractivity contribution in [2.45, 2.75) is 12.0 Å². The van der Waals surface area contributed by atoms with Gasteiger partial charge in [0.05, 0.1) is 5.69 Å². The van der Waals surface area contributed by atoms with Gasteiger partial charge in [-0.1, -0.05) is 36.4 Å². The van der Waals surface area contributed by atoms with Gasteiger partial charge in [0, 0.05) is 36.0 Å². The van der Waals surface area contributed by atoms with E-state index in [1.165, 1.54) is 5.56 Å². The van der Waals surface area contributed by atoms with Crippen LogP contribution in [-0.2, 0) is 16.8 Å². The second-order valence-corrected chi connectivity index (χ2v) is 8.31. The lowest BCUT2D eigenvalue weighted by molar-refractivity contribution is -0.121. The Labute approximate surface area is 179 Å². The first kappa shape index (κ1) is 16.9. The van der Waals surface area contributed by atoms with Gasteiger partial charge in [-0.05, 0) is 36.2 Å². The lowest BCUT2D eigenvalue weighted by atomic mass is 9.81. The highest BCUT2D eigenvalue weighted by Crippen LogP contribution is 2.53. The molecule has 1 unspecified atom stereocenters. The van der Waals surface area contributed by atoms with Gasteiger partial charge >= 0.3 is 0 Å². The molecule has 0 saturated carbocycles. The number of amides is 1. The van der Waals surface area contributed by atoms with Gasteiger partial charge in [-0.25, -0.2) is 4.99 Å². The van der Waals surface area contributed by atoms with Crippen LogP contribution in [0.15, 0.2) is 65.7 Å². The molecule has 4 aliphatic rings. The molecular weight excluding hydrogens is 390 g/mol. The third kappa shape index (κ3) is 1.97. The lowest BCUT2D eigenvalue weighted by Crippen LogP contribution is -2.46. The van der Waals surface area contributed by atoms with E-state index in [2.05, 4.69) is 23.1 Å². The summed E-state index contributed by atoms with van der Waals surface area (Å²) in [7, 11) is 1.83. The van der Waals surface area contributed by atoms with Crippen LogP contribution in [0, 0.1) is 0 Å². The summed E-state index contributed by atoms with van der Waals surface area (Å²) in [6.07, 6.45) is 0.925. The first-order valence-electron chi connectivity index (χ1n) is 10.5. The molecule has 0 aromatic heterocycles. The van der Waals surface area contributed by atoms with Crippen molar-refractivity contribution in [3.05, 3.63) is 82.9 Å². The Morgan fingerprint density at radius 3 is 2.74 bits per heavy atom. The molecule has 1 amide bonds. The number of hydrogen-bond donors (Lipinski definition) is 0. The van der Waals surface area contributed by atoms with Crippen molar-refractivity contribution in [3.63, 3.8) is 0 Å². The van der Waals surface area contributed by atoms with Crippen LogP contribution in [0.2, 0.25) is 0 Å². The number of hydrogen-bond acceptors (Lipinski definition) is 5. The van der Waals surface area contributed by atoms with E-state index in [0.717, 1.165) is 52.6 Å².